The van der Waals surface area contributed by atoms with Crippen LogP contribution in [0.4, 0.5) is 0 Å². The molecule has 0 spiro atoms. The summed E-state index contributed by atoms with van der Waals surface area (Å²) in [4.78, 5) is 37.8. The van der Waals surface area contributed by atoms with E-state index in [2.05, 4.69) is 5.32 Å². The van der Waals surface area contributed by atoms with Gasteiger partial charge in [-0.3, -0.25) is 5.32 Å². The summed E-state index contributed by atoms with van der Waals surface area (Å²) in [6, 6.07) is 2.82. The zero-order valence-electron chi connectivity index (χ0n) is 15.5. The molecule has 0 saturated carbocycles. The molecule has 1 fully saturated rings. The molecular formula is C19H27NO6. The molecule has 144 valence electrons. The number of ether oxygens (including phenoxy) is 2. The van der Waals surface area contributed by atoms with E-state index >= 15 is 0 Å². The van der Waals surface area contributed by atoms with Crippen molar-refractivity contribution in [1.29, 1.82) is 0 Å². The Hall–Kier alpha value is -2.15. The normalized spacial score (nSPS) is 24.2. The lowest BCUT2D eigenvalue weighted by Crippen LogP contribution is -2.60. The fourth-order valence-electron chi connectivity index (χ4n) is 3.70. The highest BCUT2D eigenvalue weighted by molar-refractivity contribution is 6.06. The summed E-state index contributed by atoms with van der Waals surface area (Å²) in [5.41, 5.74) is -1.72. The van der Waals surface area contributed by atoms with Crippen LogP contribution in [0.1, 0.15) is 51.8 Å². The van der Waals surface area contributed by atoms with Crippen LogP contribution in [0.25, 0.3) is 0 Å². The second-order valence-electron chi connectivity index (χ2n) is 6.35. The Labute approximate surface area is 153 Å². The predicted octanol–water partition coefficient (Wildman–Crippen LogP) is 2.41. The molecule has 1 N–H and O–H groups in total. The van der Waals surface area contributed by atoms with E-state index in [-0.39, 0.29) is 13.2 Å². The molecule has 26 heavy (non-hydrogen) atoms. The maximum absolute atomic E-state index is 12.9. The summed E-state index contributed by atoms with van der Waals surface area (Å²) in [7, 11) is 0. The van der Waals surface area contributed by atoms with Crippen LogP contribution in [0.3, 0.4) is 0 Å². The molecule has 1 aliphatic rings. The highest BCUT2D eigenvalue weighted by Gasteiger charge is 2.64. The summed E-state index contributed by atoms with van der Waals surface area (Å²) in [6.45, 7) is 5.61. The van der Waals surface area contributed by atoms with E-state index in [0.29, 0.717) is 12.2 Å². The van der Waals surface area contributed by atoms with E-state index in [1.807, 2.05) is 6.92 Å². The molecule has 1 aromatic rings. The van der Waals surface area contributed by atoms with Crippen LogP contribution < -0.4 is 5.32 Å². The van der Waals surface area contributed by atoms with Crippen molar-refractivity contribution < 1.29 is 28.3 Å². The molecule has 3 atom stereocenters. The van der Waals surface area contributed by atoms with Crippen LogP contribution in [0.5, 0.6) is 0 Å². The summed E-state index contributed by atoms with van der Waals surface area (Å²) in [6.07, 6.45) is 4.44. The van der Waals surface area contributed by atoms with Crippen molar-refractivity contribution in [1.82, 2.24) is 5.32 Å². The van der Waals surface area contributed by atoms with E-state index in [1.54, 1.807) is 26.0 Å². The van der Waals surface area contributed by atoms with Crippen LogP contribution in [-0.2, 0) is 23.9 Å². The molecule has 7 heteroatoms. The van der Waals surface area contributed by atoms with Gasteiger partial charge >= 0.3 is 11.9 Å². The number of nitrogens with one attached hydrogen (secondary N) is 1. The fourth-order valence-corrected chi connectivity index (χ4v) is 3.70. The number of hydrogen-bond donors (Lipinski definition) is 1. The minimum Gasteiger partial charge on any atom is -0.468 e. The number of carbonyl (C=O) groups is 3. The van der Waals surface area contributed by atoms with Gasteiger partial charge in [0.25, 0.3) is 0 Å². The minimum atomic E-state index is -1.72. The highest BCUT2D eigenvalue weighted by atomic mass is 16.6. The summed E-state index contributed by atoms with van der Waals surface area (Å²) in [5, 5.41) is 3.06. The van der Waals surface area contributed by atoms with Gasteiger partial charge in [0, 0.05) is 11.8 Å². The largest absolute Gasteiger partial charge is 0.468 e. The molecule has 0 amide bonds. The van der Waals surface area contributed by atoms with E-state index in [1.165, 1.54) is 6.26 Å². The number of rotatable bonds is 9. The Kier molecular flexibility index (Phi) is 6.97. The Morgan fingerprint density at radius 2 is 1.88 bits per heavy atom. The second-order valence-corrected chi connectivity index (χ2v) is 6.35. The van der Waals surface area contributed by atoms with Gasteiger partial charge in [0.05, 0.1) is 25.5 Å². The highest BCUT2D eigenvalue weighted by Crippen LogP contribution is 2.46. The van der Waals surface area contributed by atoms with E-state index in [9.17, 15) is 14.4 Å². The smallest absolute Gasteiger partial charge is 0.338 e. The third kappa shape index (κ3) is 3.53. The van der Waals surface area contributed by atoms with Crippen molar-refractivity contribution in [2.24, 2.45) is 11.8 Å². The molecule has 0 aliphatic carbocycles. The first kappa shape index (κ1) is 20.2. The van der Waals surface area contributed by atoms with Gasteiger partial charge < -0.3 is 18.7 Å². The zero-order valence-corrected chi connectivity index (χ0v) is 15.5. The van der Waals surface area contributed by atoms with E-state index in [4.69, 9.17) is 13.9 Å². The van der Waals surface area contributed by atoms with Crippen molar-refractivity contribution in [3.63, 3.8) is 0 Å². The quantitative estimate of drug-likeness (QED) is 0.408. The summed E-state index contributed by atoms with van der Waals surface area (Å²) >= 11 is 0. The predicted molar refractivity (Wildman–Crippen MR) is 93.2 cm³/mol. The Morgan fingerprint density at radius 1 is 1.23 bits per heavy atom. The van der Waals surface area contributed by atoms with Gasteiger partial charge in [0.1, 0.15) is 12.0 Å². The first-order valence-corrected chi connectivity index (χ1v) is 9.17. The number of aldehydes is 1. The van der Waals surface area contributed by atoms with Crippen molar-refractivity contribution in [3.05, 3.63) is 24.2 Å². The van der Waals surface area contributed by atoms with E-state index < -0.39 is 35.4 Å². The molecule has 2 rings (SSSR count). The molecule has 2 heterocycles. The first-order valence-electron chi connectivity index (χ1n) is 9.17. The average molecular weight is 365 g/mol. The average Bonchev–Trinajstić information content (AvgIpc) is 3.26. The van der Waals surface area contributed by atoms with Crippen molar-refractivity contribution >= 4 is 18.2 Å². The molecular weight excluding hydrogens is 338 g/mol. The van der Waals surface area contributed by atoms with Crippen molar-refractivity contribution in [2.45, 2.75) is 51.6 Å². The standard InChI is InChI=1S/C19H27NO6/c1-4-7-9-14-13(12-21)16(15-10-8-11-26-15)20-19(14,17(22)24-5-2)18(23)25-6-3/h8,10-14,16,20H,4-7,9H2,1-3H3/t13-,14-,16+/m1/s1. The summed E-state index contributed by atoms with van der Waals surface area (Å²) in [5.74, 6) is -2.10. The van der Waals surface area contributed by atoms with E-state index in [0.717, 1.165) is 19.1 Å². The molecule has 1 saturated heterocycles. The molecule has 7 nitrogen and oxygen atoms in total. The number of esters is 2. The van der Waals surface area contributed by atoms with Gasteiger partial charge in [-0.1, -0.05) is 19.8 Å². The third-order valence-electron chi connectivity index (χ3n) is 4.86. The number of carbonyl (C=O) groups excluding carboxylic acids is 3. The lowest BCUT2D eigenvalue weighted by atomic mass is 9.76. The van der Waals surface area contributed by atoms with Gasteiger partial charge in [-0.25, -0.2) is 9.59 Å². The van der Waals surface area contributed by atoms with Crippen molar-refractivity contribution in [3.8, 4) is 0 Å². The lowest BCUT2D eigenvalue weighted by molar-refractivity contribution is -0.168. The molecule has 0 bridgehead atoms. The fraction of sp³-hybridized carbons (Fsp3) is 0.632. The van der Waals surface area contributed by atoms with Crippen molar-refractivity contribution in [2.75, 3.05) is 13.2 Å². The number of hydrogen-bond acceptors (Lipinski definition) is 7. The van der Waals surface area contributed by atoms with Gasteiger partial charge in [-0.2, -0.15) is 0 Å². The zero-order chi connectivity index (χ0) is 19.2. The van der Waals surface area contributed by atoms with Crippen LogP contribution in [-0.4, -0.2) is 37.0 Å². The van der Waals surface area contributed by atoms with Gasteiger partial charge in [0.2, 0.25) is 5.54 Å². The lowest BCUT2D eigenvalue weighted by Gasteiger charge is -2.31. The Bertz CT molecular complexity index is 594. The third-order valence-corrected chi connectivity index (χ3v) is 4.86. The van der Waals surface area contributed by atoms with Gasteiger partial charge in [-0.05, 0) is 32.4 Å². The number of furan rings is 1. The van der Waals surface area contributed by atoms with Crippen LogP contribution in [0.2, 0.25) is 0 Å². The molecule has 0 aromatic carbocycles. The molecule has 0 unspecified atom stereocenters. The molecule has 1 aliphatic heterocycles. The Morgan fingerprint density at radius 3 is 2.35 bits per heavy atom. The minimum absolute atomic E-state index is 0.124. The SMILES string of the molecule is CCCC[C@@H]1[C@@H](C=O)[C@@H](c2ccco2)NC1(C(=O)OCC)C(=O)OCC. The number of unbranched alkanes of at least 4 members (excludes halogenated alkanes) is 1. The molecule has 1 aromatic heterocycles. The molecule has 0 radical (unpaired) electrons. The Balaban J connectivity index is 2.53. The first-order chi connectivity index (χ1) is 12.6. The van der Waals surface area contributed by atoms with Crippen LogP contribution in [0.15, 0.2) is 22.8 Å². The second kappa shape index (κ2) is 8.98. The van der Waals surface area contributed by atoms with Crippen LogP contribution >= 0.6 is 0 Å². The topological polar surface area (TPSA) is 94.8 Å². The van der Waals surface area contributed by atoms with Gasteiger partial charge in [0.15, 0.2) is 0 Å². The summed E-state index contributed by atoms with van der Waals surface area (Å²) < 4.78 is 15.9. The van der Waals surface area contributed by atoms with Crippen LogP contribution in [0, 0.1) is 11.8 Å². The monoisotopic (exact) mass is 365 g/mol. The van der Waals surface area contributed by atoms with Gasteiger partial charge in [-0.15, -0.1) is 0 Å². The maximum atomic E-state index is 12.9. The maximum Gasteiger partial charge on any atom is 0.338 e.